The van der Waals surface area contributed by atoms with Gasteiger partial charge in [-0.3, -0.25) is 14.4 Å². The maximum atomic E-state index is 12.1. The van der Waals surface area contributed by atoms with Crippen LogP contribution in [-0.4, -0.2) is 46.4 Å². The first-order valence-corrected chi connectivity index (χ1v) is 7.48. The van der Waals surface area contributed by atoms with Crippen molar-refractivity contribution in [3.63, 3.8) is 0 Å². The van der Waals surface area contributed by atoms with Crippen molar-refractivity contribution in [3.8, 4) is 0 Å². The fourth-order valence-electron chi connectivity index (χ4n) is 1.75. The fourth-order valence-corrected chi connectivity index (χ4v) is 2.38. The zero-order valence-electron chi connectivity index (χ0n) is 12.4. The molecule has 1 heterocycles. The Labute approximate surface area is 127 Å². The molecule has 0 spiro atoms. The topological polar surface area (TPSA) is 86.7 Å². The quantitative estimate of drug-likeness (QED) is 0.835. The normalized spacial score (nSPS) is 11.0. The molecular formula is C14H20N2O4S. The van der Waals surface area contributed by atoms with E-state index < -0.39 is 11.5 Å². The molecule has 1 rings (SSSR count). The molecule has 2 amide bonds. The van der Waals surface area contributed by atoms with Crippen molar-refractivity contribution in [1.29, 1.82) is 0 Å². The largest absolute Gasteiger partial charge is 0.480 e. The van der Waals surface area contributed by atoms with E-state index in [2.05, 4.69) is 5.32 Å². The SMILES string of the molecule is CC(C)(C)N(CC(=O)O)C(=O)CCNC(=O)c1ccsc1. The van der Waals surface area contributed by atoms with Crippen LogP contribution in [0.2, 0.25) is 0 Å². The number of amides is 2. The summed E-state index contributed by atoms with van der Waals surface area (Å²) in [5.41, 5.74) is -0.0157. The van der Waals surface area contributed by atoms with Gasteiger partial charge in [0, 0.05) is 29.4 Å². The van der Waals surface area contributed by atoms with Crippen LogP contribution < -0.4 is 5.32 Å². The van der Waals surface area contributed by atoms with Gasteiger partial charge in [-0.2, -0.15) is 11.3 Å². The first kappa shape index (κ1) is 17.2. The van der Waals surface area contributed by atoms with Crippen LogP contribution in [0.4, 0.5) is 0 Å². The highest BCUT2D eigenvalue weighted by molar-refractivity contribution is 7.08. The van der Waals surface area contributed by atoms with Crippen LogP contribution in [0.25, 0.3) is 0 Å². The van der Waals surface area contributed by atoms with Gasteiger partial charge in [0.25, 0.3) is 5.91 Å². The molecule has 1 aromatic heterocycles. The molecule has 0 atom stereocenters. The lowest BCUT2D eigenvalue weighted by atomic mass is 10.1. The van der Waals surface area contributed by atoms with Gasteiger partial charge < -0.3 is 15.3 Å². The third-order valence-electron chi connectivity index (χ3n) is 2.81. The zero-order chi connectivity index (χ0) is 16.0. The van der Waals surface area contributed by atoms with Crippen molar-refractivity contribution in [2.24, 2.45) is 0 Å². The van der Waals surface area contributed by atoms with Crippen molar-refractivity contribution >= 4 is 29.1 Å². The molecule has 0 unspecified atom stereocenters. The van der Waals surface area contributed by atoms with E-state index >= 15 is 0 Å². The Morgan fingerprint density at radius 3 is 2.48 bits per heavy atom. The zero-order valence-corrected chi connectivity index (χ0v) is 13.2. The van der Waals surface area contributed by atoms with E-state index in [1.54, 1.807) is 37.6 Å². The van der Waals surface area contributed by atoms with Crippen molar-refractivity contribution in [2.75, 3.05) is 13.1 Å². The summed E-state index contributed by atoms with van der Waals surface area (Å²) in [4.78, 5) is 35.9. The predicted octanol–water partition coefficient (Wildman–Crippen LogP) is 1.58. The average molecular weight is 312 g/mol. The minimum atomic E-state index is -1.06. The molecule has 116 valence electrons. The molecular weight excluding hydrogens is 292 g/mol. The van der Waals surface area contributed by atoms with Gasteiger partial charge in [-0.1, -0.05) is 0 Å². The highest BCUT2D eigenvalue weighted by Crippen LogP contribution is 2.14. The lowest BCUT2D eigenvalue weighted by molar-refractivity contribution is -0.148. The maximum absolute atomic E-state index is 12.1. The Kier molecular flexibility index (Phi) is 5.90. The molecule has 1 aromatic rings. The smallest absolute Gasteiger partial charge is 0.323 e. The summed E-state index contributed by atoms with van der Waals surface area (Å²) in [6.45, 7) is 5.16. The Hall–Kier alpha value is -1.89. The second-order valence-corrected chi connectivity index (χ2v) is 6.34. The van der Waals surface area contributed by atoms with Gasteiger partial charge in [0.05, 0.1) is 0 Å². The molecule has 0 bridgehead atoms. The number of nitrogens with one attached hydrogen (secondary N) is 1. The molecule has 2 N–H and O–H groups in total. The maximum Gasteiger partial charge on any atom is 0.323 e. The van der Waals surface area contributed by atoms with Gasteiger partial charge >= 0.3 is 5.97 Å². The van der Waals surface area contributed by atoms with E-state index in [0.717, 1.165) is 0 Å². The second-order valence-electron chi connectivity index (χ2n) is 5.56. The minimum Gasteiger partial charge on any atom is -0.480 e. The molecule has 0 saturated carbocycles. The van der Waals surface area contributed by atoms with E-state index in [1.807, 2.05) is 0 Å². The second kappa shape index (κ2) is 7.21. The number of hydrogen-bond acceptors (Lipinski definition) is 4. The number of rotatable bonds is 6. The van der Waals surface area contributed by atoms with Crippen molar-refractivity contribution in [3.05, 3.63) is 22.4 Å². The molecule has 0 saturated heterocycles. The average Bonchev–Trinajstić information content (AvgIpc) is 2.87. The van der Waals surface area contributed by atoms with Crippen molar-refractivity contribution in [1.82, 2.24) is 10.2 Å². The summed E-state index contributed by atoms with van der Waals surface area (Å²) < 4.78 is 0. The molecule has 21 heavy (non-hydrogen) atoms. The van der Waals surface area contributed by atoms with Crippen LogP contribution in [0.15, 0.2) is 16.8 Å². The number of thiophene rings is 1. The standard InChI is InChI=1S/C14H20N2O4S/c1-14(2,3)16(8-12(18)19)11(17)4-6-15-13(20)10-5-7-21-9-10/h5,7,9H,4,6,8H2,1-3H3,(H,15,20)(H,18,19). The van der Waals surface area contributed by atoms with Gasteiger partial charge in [0.2, 0.25) is 5.91 Å². The predicted molar refractivity (Wildman–Crippen MR) is 80.4 cm³/mol. The van der Waals surface area contributed by atoms with Crippen LogP contribution in [0.5, 0.6) is 0 Å². The van der Waals surface area contributed by atoms with Crippen LogP contribution in [-0.2, 0) is 9.59 Å². The molecule has 0 aliphatic carbocycles. The van der Waals surface area contributed by atoms with Gasteiger partial charge in [-0.25, -0.2) is 0 Å². The van der Waals surface area contributed by atoms with E-state index in [-0.39, 0.29) is 31.3 Å². The Morgan fingerprint density at radius 2 is 2.00 bits per heavy atom. The van der Waals surface area contributed by atoms with Crippen molar-refractivity contribution in [2.45, 2.75) is 32.7 Å². The summed E-state index contributed by atoms with van der Waals surface area (Å²) in [5, 5.41) is 15.0. The molecule has 0 radical (unpaired) electrons. The van der Waals surface area contributed by atoms with E-state index in [4.69, 9.17) is 5.11 Å². The van der Waals surface area contributed by atoms with Crippen LogP contribution >= 0.6 is 11.3 Å². The summed E-state index contributed by atoms with van der Waals surface area (Å²) in [7, 11) is 0. The number of hydrogen-bond donors (Lipinski definition) is 2. The van der Waals surface area contributed by atoms with Gasteiger partial charge in [0.1, 0.15) is 6.54 Å². The van der Waals surface area contributed by atoms with E-state index in [0.29, 0.717) is 5.56 Å². The highest BCUT2D eigenvalue weighted by Gasteiger charge is 2.27. The minimum absolute atomic E-state index is 0.0699. The summed E-state index contributed by atoms with van der Waals surface area (Å²) in [5.74, 6) is -1.58. The van der Waals surface area contributed by atoms with Crippen LogP contribution in [0, 0.1) is 0 Å². The van der Waals surface area contributed by atoms with Crippen LogP contribution in [0.3, 0.4) is 0 Å². The summed E-state index contributed by atoms with van der Waals surface area (Å²) >= 11 is 1.42. The summed E-state index contributed by atoms with van der Waals surface area (Å²) in [6, 6.07) is 1.70. The van der Waals surface area contributed by atoms with Crippen LogP contribution in [0.1, 0.15) is 37.6 Å². The lowest BCUT2D eigenvalue weighted by Crippen LogP contribution is -2.49. The third kappa shape index (κ3) is 5.55. The molecule has 0 fully saturated rings. The van der Waals surface area contributed by atoms with E-state index in [1.165, 1.54) is 16.2 Å². The number of carboxylic acid groups (broad SMARTS) is 1. The Morgan fingerprint density at radius 1 is 1.33 bits per heavy atom. The number of nitrogens with zero attached hydrogens (tertiary/aromatic N) is 1. The van der Waals surface area contributed by atoms with Gasteiger partial charge in [-0.05, 0) is 32.2 Å². The number of carbonyl (C=O) groups excluding carboxylic acids is 2. The first-order chi connectivity index (χ1) is 9.71. The van der Waals surface area contributed by atoms with Gasteiger partial charge in [0.15, 0.2) is 0 Å². The number of carboxylic acids is 1. The number of aliphatic carboxylic acids is 1. The molecule has 0 aromatic carbocycles. The molecule has 6 nitrogen and oxygen atoms in total. The lowest BCUT2D eigenvalue weighted by Gasteiger charge is -2.34. The third-order valence-corrected chi connectivity index (χ3v) is 3.50. The molecule has 0 aliphatic heterocycles. The highest BCUT2D eigenvalue weighted by atomic mass is 32.1. The summed E-state index contributed by atoms with van der Waals surface area (Å²) in [6.07, 6.45) is 0.0699. The Balaban J connectivity index is 2.50. The number of carbonyl (C=O) groups is 3. The fraction of sp³-hybridized carbons (Fsp3) is 0.500. The first-order valence-electron chi connectivity index (χ1n) is 6.54. The molecule has 7 heteroatoms. The van der Waals surface area contributed by atoms with E-state index in [9.17, 15) is 14.4 Å². The monoisotopic (exact) mass is 312 g/mol. The molecule has 0 aliphatic rings. The van der Waals surface area contributed by atoms with Gasteiger partial charge in [-0.15, -0.1) is 0 Å². The Bertz CT molecular complexity index is 506. The van der Waals surface area contributed by atoms with Crippen molar-refractivity contribution < 1.29 is 19.5 Å².